The van der Waals surface area contributed by atoms with Gasteiger partial charge in [0.1, 0.15) is 11.6 Å². The Labute approximate surface area is 147 Å². The number of amides is 1. The van der Waals surface area contributed by atoms with E-state index in [-0.39, 0.29) is 17.1 Å². The molecule has 0 aromatic heterocycles. The van der Waals surface area contributed by atoms with Crippen molar-refractivity contribution in [3.05, 3.63) is 64.0 Å². The molecule has 136 valence electrons. The Bertz CT molecular complexity index is 840. The number of hydrogen-bond acceptors (Lipinski definition) is 6. The molecule has 0 radical (unpaired) electrons. The highest BCUT2D eigenvalue weighted by Crippen LogP contribution is 2.21. The first-order valence-corrected chi connectivity index (χ1v) is 7.44. The Balaban J connectivity index is 1.82. The highest BCUT2D eigenvalue weighted by Gasteiger charge is 2.13. The molecule has 0 fully saturated rings. The SMILES string of the molecule is Cc1ccc([N+](=O)[O-])cc1NC(=O)COC(=O)COc1cccc(F)c1. The molecule has 0 unspecified atom stereocenters. The lowest BCUT2D eigenvalue weighted by Crippen LogP contribution is -2.24. The quantitative estimate of drug-likeness (QED) is 0.461. The zero-order chi connectivity index (χ0) is 19.1. The molecule has 0 saturated heterocycles. The van der Waals surface area contributed by atoms with Gasteiger partial charge >= 0.3 is 5.97 Å². The monoisotopic (exact) mass is 362 g/mol. The van der Waals surface area contributed by atoms with E-state index >= 15 is 0 Å². The van der Waals surface area contributed by atoms with Gasteiger partial charge in [-0.1, -0.05) is 12.1 Å². The fourth-order valence-corrected chi connectivity index (χ4v) is 1.93. The molecule has 1 amide bonds. The first-order valence-electron chi connectivity index (χ1n) is 7.44. The maximum Gasteiger partial charge on any atom is 0.344 e. The van der Waals surface area contributed by atoms with Crippen molar-refractivity contribution in [1.82, 2.24) is 0 Å². The second-order valence-corrected chi connectivity index (χ2v) is 5.21. The number of carbonyl (C=O) groups excluding carboxylic acids is 2. The van der Waals surface area contributed by atoms with Crippen molar-refractivity contribution in [2.24, 2.45) is 0 Å². The van der Waals surface area contributed by atoms with E-state index in [2.05, 4.69) is 5.32 Å². The number of nitrogens with zero attached hydrogens (tertiary/aromatic N) is 1. The third-order valence-electron chi connectivity index (χ3n) is 3.22. The van der Waals surface area contributed by atoms with Gasteiger partial charge in [-0.3, -0.25) is 14.9 Å². The number of ether oxygens (including phenoxy) is 2. The number of non-ortho nitro benzene ring substituents is 1. The maximum atomic E-state index is 13.0. The van der Waals surface area contributed by atoms with Gasteiger partial charge in [0.25, 0.3) is 11.6 Å². The molecule has 0 bridgehead atoms. The molecule has 2 rings (SSSR count). The van der Waals surface area contributed by atoms with Crippen LogP contribution < -0.4 is 10.1 Å². The van der Waals surface area contributed by atoms with Gasteiger partial charge in [-0.2, -0.15) is 0 Å². The molecule has 0 heterocycles. The largest absolute Gasteiger partial charge is 0.482 e. The summed E-state index contributed by atoms with van der Waals surface area (Å²) in [5.41, 5.74) is 0.687. The van der Waals surface area contributed by atoms with Gasteiger partial charge in [-0.25, -0.2) is 9.18 Å². The van der Waals surface area contributed by atoms with Crippen LogP contribution in [0.2, 0.25) is 0 Å². The normalized spacial score (nSPS) is 10.1. The standard InChI is InChI=1S/C17H15FN2O6/c1-11-5-6-13(20(23)24)8-15(11)19-16(21)9-26-17(22)10-25-14-4-2-3-12(18)7-14/h2-8H,9-10H2,1H3,(H,19,21). The second-order valence-electron chi connectivity index (χ2n) is 5.21. The van der Waals surface area contributed by atoms with Crippen molar-refractivity contribution in [3.63, 3.8) is 0 Å². The predicted octanol–water partition coefficient (Wildman–Crippen LogP) is 2.60. The zero-order valence-corrected chi connectivity index (χ0v) is 13.7. The van der Waals surface area contributed by atoms with Crippen molar-refractivity contribution < 1.29 is 28.4 Å². The average molecular weight is 362 g/mol. The summed E-state index contributed by atoms with van der Waals surface area (Å²) in [6.45, 7) is 0.582. The summed E-state index contributed by atoms with van der Waals surface area (Å²) in [7, 11) is 0. The minimum absolute atomic E-state index is 0.152. The van der Waals surface area contributed by atoms with Crippen molar-refractivity contribution in [1.29, 1.82) is 0 Å². The minimum Gasteiger partial charge on any atom is -0.482 e. The highest BCUT2D eigenvalue weighted by atomic mass is 19.1. The Morgan fingerprint density at radius 1 is 1.19 bits per heavy atom. The number of nitrogens with one attached hydrogen (secondary N) is 1. The van der Waals surface area contributed by atoms with Crippen molar-refractivity contribution in [3.8, 4) is 5.75 Å². The van der Waals surface area contributed by atoms with E-state index in [1.807, 2.05) is 0 Å². The Hall–Kier alpha value is -3.49. The van der Waals surface area contributed by atoms with Crippen LogP contribution in [-0.4, -0.2) is 30.0 Å². The van der Waals surface area contributed by atoms with E-state index < -0.39 is 35.8 Å². The average Bonchev–Trinajstić information content (AvgIpc) is 2.60. The molecule has 0 aliphatic rings. The number of hydrogen-bond donors (Lipinski definition) is 1. The summed E-state index contributed by atoms with van der Waals surface area (Å²) in [6.07, 6.45) is 0. The molecule has 9 heteroatoms. The fraction of sp³-hybridized carbons (Fsp3) is 0.176. The molecule has 2 aromatic rings. The number of carbonyl (C=O) groups is 2. The van der Waals surface area contributed by atoms with E-state index in [4.69, 9.17) is 9.47 Å². The lowest BCUT2D eigenvalue weighted by Gasteiger charge is -2.09. The topological polar surface area (TPSA) is 108 Å². The van der Waals surface area contributed by atoms with E-state index in [0.29, 0.717) is 5.56 Å². The summed E-state index contributed by atoms with van der Waals surface area (Å²) >= 11 is 0. The molecule has 8 nitrogen and oxygen atoms in total. The van der Waals surface area contributed by atoms with Gasteiger partial charge < -0.3 is 14.8 Å². The van der Waals surface area contributed by atoms with E-state index in [1.54, 1.807) is 6.92 Å². The van der Waals surface area contributed by atoms with Gasteiger partial charge in [0.05, 0.1) is 10.6 Å². The molecular formula is C17H15FN2O6. The highest BCUT2D eigenvalue weighted by molar-refractivity contribution is 5.93. The van der Waals surface area contributed by atoms with E-state index in [0.717, 1.165) is 6.07 Å². The smallest absolute Gasteiger partial charge is 0.344 e. The summed E-state index contributed by atoms with van der Waals surface area (Å²) in [5.74, 6) is -1.84. The number of halogens is 1. The van der Waals surface area contributed by atoms with E-state index in [9.17, 15) is 24.1 Å². The van der Waals surface area contributed by atoms with Gasteiger partial charge in [-0.15, -0.1) is 0 Å². The summed E-state index contributed by atoms with van der Waals surface area (Å²) in [4.78, 5) is 33.6. The van der Waals surface area contributed by atoms with Crippen LogP contribution in [0.15, 0.2) is 42.5 Å². The van der Waals surface area contributed by atoms with Crippen molar-refractivity contribution in [2.75, 3.05) is 18.5 Å². The molecule has 26 heavy (non-hydrogen) atoms. The molecule has 2 aromatic carbocycles. The fourth-order valence-electron chi connectivity index (χ4n) is 1.93. The molecule has 0 aliphatic heterocycles. The van der Waals surface area contributed by atoms with Crippen LogP contribution in [0.5, 0.6) is 5.75 Å². The molecule has 0 spiro atoms. The lowest BCUT2D eigenvalue weighted by molar-refractivity contribution is -0.384. The first kappa shape index (κ1) is 18.8. The molecule has 0 aliphatic carbocycles. The van der Waals surface area contributed by atoms with Crippen LogP contribution in [0.1, 0.15) is 5.56 Å². The Kier molecular flexibility index (Phi) is 6.20. The van der Waals surface area contributed by atoms with Crippen LogP contribution in [0.4, 0.5) is 15.8 Å². The molecular weight excluding hydrogens is 347 g/mol. The number of aryl methyl sites for hydroxylation is 1. The van der Waals surface area contributed by atoms with Crippen molar-refractivity contribution >= 4 is 23.3 Å². The Morgan fingerprint density at radius 2 is 1.96 bits per heavy atom. The number of nitro benzene ring substituents is 1. The van der Waals surface area contributed by atoms with Gasteiger partial charge in [0.15, 0.2) is 13.2 Å². The number of anilines is 1. The van der Waals surface area contributed by atoms with Crippen LogP contribution in [0, 0.1) is 22.9 Å². The maximum absolute atomic E-state index is 13.0. The lowest BCUT2D eigenvalue weighted by atomic mass is 10.2. The van der Waals surface area contributed by atoms with Crippen LogP contribution in [0.3, 0.4) is 0 Å². The zero-order valence-electron chi connectivity index (χ0n) is 13.7. The van der Waals surface area contributed by atoms with Crippen LogP contribution >= 0.6 is 0 Å². The van der Waals surface area contributed by atoms with Gasteiger partial charge in [-0.05, 0) is 24.6 Å². The first-order chi connectivity index (χ1) is 12.3. The number of rotatable bonds is 7. The number of esters is 1. The van der Waals surface area contributed by atoms with Gasteiger partial charge in [0, 0.05) is 18.2 Å². The number of benzene rings is 2. The van der Waals surface area contributed by atoms with Gasteiger partial charge in [0.2, 0.25) is 0 Å². The third-order valence-corrected chi connectivity index (χ3v) is 3.22. The summed E-state index contributed by atoms with van der Waals surface area (Å²) in [6, 6.07) is 9.24. The molecule has 0 atom stereocenters. The van der Waals surface area contributed by atoms with Crippen LogP contribution in [0.25, 0.3) is 0 Å². The van der Waals surface area contributed by atoms with E-state index in [1.165, 1.54) is 36.4 Å². The predicted molar refractivity (Wildman–Crippen MR) is 89.3 cm³/mol. The Morgan fingerprint density at radius 3 is 2.65 bits per heavy atom. The summed E-state index contributed by atoms with van der Waals surface area (Å²) in [5, 5.41) is 13.2. The molecule has 1 N–H and O–H groups in total. The van der Waals surface area contributed by atoms with Crippen LogP contribution in [-0.2, 0) is 14.3 Å². The van der Waals surface area contributed by atoms with Crippen molar-refractivity contribution in [2.45, 2.75) is 6.92 Å². The second kappa shape index (κ2) is 8.56. The minimum atomic E-state index is -0.819. The summed E-state index contributed by atoms with van der Waals surface area (Å²) < 4.78 is 22.8. The number of nitro groups is 1. The third kappa shape index (κ3) is 5.55. The molecule has 0 saturated carbocycles.